The summed E-state index contributed by atoms with van der Waals surface area (Å²) in [6, 6.07) is 3.29. The van der Waals surface area contributed by atoms with Crippen LogP contribution >= 0.6 is 0 Å². The molecule has 0 radical (unpaired) electrons. The second-order valence-corrected chi connectivity index (χ2v) is 5.69. The fourth-order valence-electron chi connectivity index (χ4n) is 1.66. The van der Waals surface area contributed by atoms with Gasteiger partial charge in [-0.1, -0.05) is 6.07 Å². The van der Waals surface area contributed by atoms with Crippen LogP contribution in [0, 0.1) is 13.8 Å². The van der Waals surface area contributed by atoms with Crippen molar-refractivity contribution in [1.82, 2.24) is 4.72 Å². The highest BCUT2D eigenvalue weighted by atomic mass is 32.2. The van der Waals surface area contributed by atoms with E-state index in [0.29, 0.717) is 16.8 Å². The first-order chi connectivity index (χ1) is 8.75. The highest BCUT2D eigenvalue weighted by molar-refractivity contribution is 7.89. The number of benzene rings is 1. The number of carbonyl (C=O) groups is 1. The number of nitrogen functional groups attached to an aromatic ring is 1. The number of sulfonamides is 1. The molecule has 7 nitrogen and oxygen atoms in total. The summed E-state index contributed by atoms with van der Waals surface area (Å²) in [5.41, 5.74) is 12.0. The summed E-state index contributed by atoms with van der Waals surface area (Å²) < 4.78 is 31.0. The fourth-order valence-corrected chi connectivity index (χ4v) is 3.16. The number of nitrogens with two attached hydrogens (primary N) is 2. The molecule has 0 bridgehead atoms. The Hall–Kier alpha value is -1.80. The van der Waals surface area contributed by atoms with Crippen LogP contribution in [-0.2, 0) is 14.8 Å². The van der Waals surface area contributed by atoms with E-state index in [9.17, 15) is 13.2 Å². The number of aryl methyl sites for hydroxylation is 1. The number of hydrogen-bond donors (Lipinski definition) is 3. The van der Waals surface area contributed by atoms with Crippen molar-refractivity contribution in [3.63, 3.8) is 0 Å². The van der Waals surface area contributed by atoms with Crippen molar-refractivity contribution < 1.29 is 17.9 Å². The molecule has 1 aromatic rings. The molecule has 1 aromatic carbocycles. The van der Waals surface area contributed by atoms with Crippen molar-refractivity contribution in [3.8, 4) is 0 Å². The summed E-state index contributed by atoms with van der Waals surface area (Å²) in [6.45, 7) is 3.13. The average molecular weight is 287 g/mol. The standard InChI is InChI=1S/C11H17N3O4S/c1-7-3-4-9(12)8(2)10(7)19(16,17)14-5-6-18-11(13)15/h3-4,14H,5-6,12H2,1-2H3,(H2,13,15). The molecule has 1 amide bonds. The molecule has 0 saturated carbocycles. The van der Waals surface area contributed by atoms with Crippen molar-refractivity contribution in [2.24, 2.45) is 5.73 Å². The van der Waals surface area contributed by atoms with Crippen LogP contribution < -0.4 is 16.2 Å². The molecule has 0 aromatic heterocycles. The molecule has 0 atom stereocenters. The van der Waals surface area contributed by atoms with Crippen molar-refractivity contribution >= 4 is 21.8 Å². The van der Waals surface area contributed by atoms with E-state index in [1.54, 1.807) is 26.0 Å². The van der Waals surface area contributed by atoms with Crippen LogP contribution in [0.5, 0.6) is 0 Å². The number of amides is 1. The predicted molar refractivity (Wildman–Crippen MR) is 71.1 cm³/mol. The zero-order valence-electron chi connectivity index (χ0n) is 10.8. The van der Waals surface area contributed by atoms with Crippen LogP contribution in [0.15, 0.2) is 17.0 Å². The quantitative estimate of drug-likeness (QED) is 0.529. The zero-order chi connectivity index (χ0) is 14.6. The number of hydrogen-bond acceptors (Lipinski definition) is 5. The molecule has 0 fully saturated rings. The molecule has 0 unspecified atom stereocenters. The maximum atomic E-state index is 12.1. The minimum absolute atomic E-state index is 0.0566. The van der Waals surface area contributed by atoms with Crippen LogP contribution in [0.25, 0.3) is 0 Å². The van der Waals surface area contributed by atoms with Gasteiger partial charge in [0.15, 0.2) is 0 Å². The number of carbonyl (C=O) groups excluding carboxylic acids is 1. The maximum absolute atomic E-state index is 12.1. The van der Waals surface area contributed by atoms with Gasteiger partial charge in [-0.05, 0) is 31.0 Å². The first-order valence-corrected chi connectivity index (χ1v) is 7.01. The van der Waals surface area contributed by atoms with Crippen LogP contribution in [-0.4, -0.2) is 27.7 Å². The van der Waals surface area contributed by atoms with Gasteiger partial charge in [-0.3, -0.25) is 0 Å². The van der Waals surface area contributed by atoms with Gasteiger partial charge in [0.1, 0.15) is 6.61 Å². The highest BCUT2D eigenvalue weighted by Gasteiger charge is 2.20. The molecule has 0 aliphatic carbocycles. The molecule has 106 valence electrons. The summed E-state index contributed by atoms with van der Waals surface area (Å²) in [5, 5.41) is 0. The van der Waals surface area contributed by atoms with E-state index in [1.165, 1.54) is 0 Å². The Morgan fingerprint density at radius 1 is 1.37 bits per heavy atom. The Labute approximate surface area is 112 Å². The molecule has 19 heavy (non-hydrogen) atoms. The fraction of sp³-hybridized carbons (Fsp3) is 0.364. The van der Waals surface area contributed by atoms with Crippen LogP contribution in [0.3, 0.4) is 0 Å². The average Bonchev–Trinajstić information content (AvgIpc) is 2.29. The summed E-state index contributed by atoms with van der Waals surface area (Å²) in [5.74, 6) is 0. The molecular weight excluding hydrogens is 270 g/mol. The molecule has 0 saturated heterocycles. The van der Waals surface area contributed by atoms with Gasteiger partial charge in [-0.15, -0.1) is 0 Å². The van der Waals surface area contributed by atoms with Crippen molar-refractivity contribution in [2.75, 3.05) is 18.9 Å². The lowest BCUT2D eigenvalue weighted by Gasteiger charge is -2.13. The first kappa shape index (κ1) is 15.3. The summed E-state index contributed by atoms with van der Waals surface area (Å²) in [4.78, 5) is 10.5. The van der Waals surface area contributed by atoms with Gasteiger partial charge in [-0.25, -0.2) is 17.9 Å². The highest BCUT2D eigenvalue weighted by Crippen LogP contribution is 2.24. The Bertz CT molecular complexity index is 584. The smallest absolute Gasteiger partial charge is 0.404 e. The topological polar surface area (TPSA) is 125 Å². The second-order valence-electron chi connectivity index (χ2n) is 3.99. The number of nitrogens with one attached hydrogen (secondary N) is 1. The first-order valence-electron chi connectivity index (χ1n) is 5.53. The minimum Gasteiger partial charge on any atom is -0.448 e. The Morgan fingerprint density at radius 3 is 2.58 bits per heavy atom. The van der Waals surface area contributed by atoms with Gasteiger partial charge in [0.2, 0.25) is 10.0 Å². The zero-order valence-corrected chi connectivity index (χ0v) is 11.6. The van der Waals surface area contributed by atoms with Crippen molar-refractivity contribution in [1.29, 1.82) is 0 Å². The lowest BCUT2D eigenvalue weighted by atomic mass is 10.1. The maximum Gasteiger partial charge on any atom is 0.404 e. The molecule has 1 rings (SSSR count). The third kappa shape index (κ3) is 3.83. The molecular formula is C11H17N3O4S. The number of primary amides is 1. The lowest BCUT2D eigenvalue weighted by Crippen LogP contribution is -2.30. The molecule has 5 N–H and O–H groups in total. The molecule has 0 aliphatic heterocycles. The third-order valence-corrected chi connectivity index (χ3v) is 4.30. The van der Waals surface area contributed by atoms with E-state index in [1.807, 2.05) is 0 Å². The molecule has 8 heteroatoms. The van der Waals surface area contributed by atoms with E-state index in [-0.39, 0.29) is 18.0 Å². The third-order valence-electron chi connectivity index (χ3n) is 2.55. The largest absolute Gasteiger partial charge is 0.448 e. The van der Waals surface area contributed by atoms with E-state index < -0.39 is 16.1 Å². The SMILES string of the molecule is Cc1ccc(N)c(C)c1S(=O)(=O)NCCOC(N)=O. The van der Waals surface area contributed by atoms with Crippen LogP contribution in [0.4, 0.5) is 10.5 Å². The van der Waals surface area contributed by atoms with E-state index >= 15 is 0 Å². The Kier molecular flexibility index (Phi) is 4.73. The van der Waals surface area contributed by atoms with E-state index in [0.717, 1.165) is 0 Å². The summed E-state index contributed by atoms with van der Waals surface area (Å²) >= 11 is 0. The lowest BCUT2D eigenvalue weighted by molar-refractivity contribution is 0.159. The molecule has 0 aliphatic rings. The number of anilines is 1. The van der Waals surface area contributed by atoms with Gasteiger partial charge in [0.25, 0.3) is 0 Å². The normalized spacial score (nSPS) is 11.3. The Morgan fingerprint density at radius 2 is 2.00 bits per heavy atom. The van der Waals surface area contributed by atoms with E-state index in [2.05, 4.69) is 9.46 Å². The second kappa shape index (κ2) is 5.89. The van der Waals surface area contributed by atoms with Crippen LogP contribution in [0.1, 0.15) is 11.1 Å². The minimum atomic E-state index is -3.70. The van der Waals surface area contributed by atoms with E-state index in [4.69, 9.17) is 11.5 Å². The van der Waals surface area contributed by atoms with Crippen LogP contribution in [0.2, 0.25) is 0 Å². The van der Waals surface area contributed by atoms with Gasteiger partial charge in [0.05, 0.1) is 4.90 Å². The van der Waals surface area contributed by atoms with Gasteiger partial charge >= 0.3 is 6.09 Å². The van der Waals surface area contributed by atoms with Gasteiger partial charge in [0, 0.05) is 12.2 Å². The van der Waals surface area contributed by atoms with Gasteiger partial charge in [-0.2, -0.15) is 0 Å². The summed E-state index contributed by atoms with van der Waals surface area (Å²) in [7, 11) is -3.70. The Balaban J connectivity index is 2.89. The predicted octanol–water partition coefficient (Wildman–Crippen LogP) is 0.259. The number of ether oxygens (including phenoxy) is 1. The molecule has 0 spiro atoms. The van der Waals surface area contributed by atoms with Gasteiger partial charge < -0.3 is 16.2 Å². The van der Waals surface area contributed by atoms with Crippen molar-refractivity contribution in [2.45, 2.75) is 18.7 Å². The molecule has 0 heterocycles. The summed E-state index contributed by atoms with van der Waals surface area (Å²) in [6.07, 6.45) is -0.949. The van der Waals surface area contributed by atoms with Crippen molar-refractivity contribution in [3.05, 3.63) is 23.3 Å². The number of rotatable bonds is 5. The monoisotopic (exact) mass is 287 g/mol.